The van der Waals surface area contributed by atoms with Gasteiger partial charge in [0, 0.05) is 49.3 Å². The van der Waals surface area contributed by atoms with E-state index in [4.69, 9.17) is 16.3 Å². The van der Waals surface area contributed by atoms with Gasteiger partial charge < -0.3 is 14.5 Å². The Labute approximate surface area is 233 Å². The summed E-state index contributed by atoms with van der Waals surface area (Å²) in [6, 6.07) is 12.9. The summed E-state index contributed by atoms with van der Waals surface area (Å²) >= 11 is 6.06. The van der Waals surface area contributed by atoms with Gasteiger partial charge in [-0.05, 0) is 72.9 Å². The molecule has 11 heteroatoms. The maximum atomic E-state index is 13.6. The number of benzene rings is 2. The molecule has 2 aliphatic heterocycles. The predicted octanol–water partition coefficient (Wildman–Crippen LogP) is 3.57. The van der Waals surface area contributed by atoms with Crippen LogP contribution in [0, 0.1) is 5.92 Å². The van der Waals surface area contributed by atoms with Crippen molar-refractivity contribution in [2.45, 2.75) is 30.7 Å². The van der Waals surface area contributed by atoms with Crippen LogP contribution >= 0.6 is 11.6 Å². The van der Waals surface area contributed by atoms with Crippen LogP contribution in [0.15, 0.2) is 65.8 Å². The van der Waals surface area contributed by atoms with E-state index in [1.165, 1.54) is 11.0 Å². The van der Waals surface area contributed by atoms with Gasteiger partial charge in [0.2, 0.25) is 15.9 Å². The van der Waals surface area contributed by atoms with Gasteiger partial charge in [0.05, 0.1) is 18.0 Å². The molecule has 0 N–H and O–H groups in total. The molecule has 39 heavy (non-hydrogen) atoms. The average Bonchev–Trinajstić information content (AvgIpc) is 2.94. The Bertz CT molecular complexity index is 1460. The summed E-state index contributed by atoms with van der Waals surface area (Å²) in [5, 5.41) is 2.08. The molecule has 1 atom stereocenters. The van der Waals surface area contributed by atoms with Gasteiger partial charge in [-0.2, -0.15) is 4.31 Å². The number of rotatable bonds is 7. The lowest BCUT2D eigenvalue weighted by Gasteiger charge is -2.42. The van der Waals surface area contributed by atoms with E-state index in [2.05, 4.69) is 9.88 Å². The van der Waals surface area contributed by atoms with E-state index in [1.54, 1.807) is 49.6 Å². The average molecular weight is 571 g/mol. The topological polar surface area (TPSA) is 100 Å². The number of piperazine rings is 1. The second kappa shape index (κ2) is 11.5. The Morgan fingerprint density at radius 1 is 1.05 bits per heavy atom. The van der Waals surface area contributed by atoms with Gasteiger partial charge in [-0.1, -0.05) is 23.7 Å². The highest BCUT2D eigenvalue weighted by molar-refractivity contribution is 7.89. The van der Waals surface area contributed by atoms with Crippen molar-refractivity contribution in [3.63, 3.8) is 0 Å². The van der Waals surface area contributed by atoms with E-state index < -0.39 is 27.9 Å². The Hall–Kier alpha value is -3.21. The molecular formula is C28H31ClN4O5S. The Morgan fingerprint density at radius 2 is 1.74 bits per heavy atom. The molecule has 1 aromatic heterocycles. The molecule has 1 unspecified atom stereocenters. The number of aromatic nitrogens is 1. The number of halogens is 1. The number of amides is 1. The first-order valence-electron chi connectivity index (χ1n) is 13.1. The number of esters is 1. The first-order chi connectivity index (χ1) is 18.8. The van der Waals surface area contributed by atoms with E-state index in [0.717, 1.165) is 41.3 Å². The van der Waals surface area contributed by atoms with Crippen molar-refractivity contribution < 1.29 is 22.7 Å². The van der Waals surface area contributed by atoms with Crippen molar-refractivity contribution in [1.29, 1.82) is 0 Å². The van der Waals surface area contributed by atoms with Crippen LogP contribution < -0.4 is 4.90 Å². The van der Waals surface area contributed by atoms with Crippen molar-refractivity contribution >= 4 is 50.0 Å². The van der Waals surface area contributed by atoms with Gasteiger partial charge in [0.25, 0.3) is 0 Å². The molecule has 3 aromatic rings. The molecule has 0 bridgehead atoms. The van der Waals surface area contributed by atoms with Gasteiger partial charge in [-0.15, -0.1) is 0 Å². The quantitative estimate of drug-likeness (QED) is 0.400. The van der Waals surface area contributed by atoms with Crippen molar-refractivity contribution in [2.75, 3.05) is 44.2 Å². The van der Waals surface area contributed by atoms with Crippen LogP contribution in [0.2, 0.25) is 5.02 Å². The first kappa shape index (κ1) is 27.4. The summed E-state index contributed by atoms with van der Waals surface area (Å²) < 4.78 is 33.6. The molecule has 2 saturated heterocycles. The highest BCUT2D eigenvalue weighted by Gasteiger charge is 2.43. The zero-order valence-corrected chi connectivity index (χ0v) is 23.3. The molecule has 1 amide bonds. The Kier molecular flexibility index (Phi) is 8.06. The molecule has 0 radical (unpaired) electrons. The number of carbonyl (C=O) groups excluding carboxylic acids is 2. The first-order valence-corrected chi connectivity index (χ1v) is 14.9. The molecule has 0 spiro atoms. The number of sulfonamides is 1. The summed E-state index contributed by atoms with van der Waals surface area (Å²) in [4.78, 5) is 34.3. The fraction of sp³-hybridized carbons (Fsp3) is 0.393. The molecule has 5 rings (SSSR count). The third-order valence-electron chi connectivity index (χ3n) is 7.45. The van der Waals surface area contributed by atoms with Crippen molar-refractivity contribution in [3.05, 3.63) is 65.9 Å². The van der Waals surface area contributed by atoms with Gasteiger partial charge in [-0.25, -0.2) is 13.2 Å². The van der Waals surface area contributed by atoms with E-state index in [-0.39, 0.29) is 30.5 Å². The number of anilines is 1. The minimum atomic E-state index is -4.04. The minimum Gasteiger partial charge on any atom is -0.464 e. The Balaban J connectivity index is 1.32. The third-order valence-corrected chi connectivity index (χ3v) is 9.50. The molecule has 0 aliphatic carbocycles. The lowest BCUT2D eigenvalue weighted by molar-refractivity contribution is -0.158. The molecule has 3 heterocycles. The molecular weight excluding hydrogens is 540 g/mol. The van der Waals surface area contributed by atoms with Gasteiger partial charge in [0.15, 0.2) is 0 Å². The normalized spacial score (nSPS) is 19.4. The summed E-state index contributed by atoms with van der Waals surface area (Å²) in [5.41, 5.74) is 1.11. The number of fused-ring (bicyclic) bond motifs is 1. The lowest BCUT2D eigenvalue weighted by atomic mass is 9.94. The third kappa shape index (κ3) is 5.88. The fourth-order valence-corrected chi connectivity index (χ4v) is 6.95. The van der Waals surface area contributed by atoms with Gasteiger partial charge >= 0.3 is 5.97 Å². The van der Waals surface area contributed by atoms with Crippen LogP contribution in [0.5, 0.6) is 0 Å². The van der Waals surface area contributed by atoms with Crippen molar-refractivity contribution in [1.82, 2.24) is 14.2 Å². The van der Waals surface area contributed by atoms with Gasteiger partial charge in [-0.3, -0.25) is 9.78 Å². The second-order valence-electron chi connectivity index (χ2n) is 9.90. The summed E-state index contributed by atoms with van der Waals surface area (Å²) in [6.45, 7) is 3.40. The molecule has 2 aliphatic rings. The van der Waals surface area contributed by atoms with E-state index >= 15 is 0 Å². The number of hydrogen-bond donors (Lipinski definition) is 0. The Morgan fingerprint density at radius 3 is 2.46 bits per heavy atom. The van der Waals surface area contributed by atoms with Crippen LogP contribution in [0.25, 0.3) is 10.8 Å². The molecule has 2 aromatic carbocycles. The monoisotopic (exact) mass is 570 g/mol. The lowest BCUT2D eigenvalue weighted by Crippen LogP contribution is -2.61. The standard InChI is InChI=1S/C28H31ClN4O5S/c1-2-38-28(35)26-18-32(39(36,37)25-6-4-21-15-23(29)5-3-22(21)16-25)19-27(34)33(26)17-20-9-13-31(14-10-20)24-7-11-30-12-8-24/h3-8,11-12,15-16,20,26H,2,9-10,13-14,17-19H2,1H3. The fourth-order valence-electron chi connectivity index (χ4n) is 5.33. The molecule has 9 nitrogen and oxygen atoms in total. The number of nitrogens with zero attached hydrogens (tertiary/aromatic N) is 4. The number of piperidine rings is 1. The number of carbonyl (C=O) groups is 2. The summed E-state index contributed by atoms with van der Waals surface area (Å²) in [6.07, 6.45) is 5.24. The zero-order chi connectivity index (χ0) is 27.6. The smallest absolute Gasteiger partial charge is 0.330 e. The maximum Gasteiger partial charge on any atom is 0.330 e. The second-order valence-corrected chi connectivity index (χ2v) is 12.3. The molecule has 206 valence electrons. The minimum absolute atomic E-state index is 0.0599. The van der Waals surface area contributed by atoms with Crippen molar-refractivity contribution in [3.8, 4) is 0 Å². The van der Waals surface area contributed by atoms with Crippen LogP contribution in [0.4, 0.5) is 5.69 Å². The maximum absolute atomic E-state index is 13.6. The van der Waals surface area contributed by atoms with Gasteiger partial charge in [0.1, 0.15) is 6.04 Å². The summed E-state index contributed by atoms with van der Waals surface area (Å²) in [7, 11) is -4.04. The number of ether oxygens (including phenoxy) is 1. The predicted molar refractivity (Wildman–Crippen MR) is 149 cm³/mol. The van der Waals surface area contributed by atoms with E-state index in [0.29, 0.717) is 17.0 Å². The van der Waals surface area contributed by atoms with E-state index in [1.807, 2.05) is 12.1 Å². The number of pyridine rings is 1. The summed E-state index contributed by atoms with van der Waals surface area (Å²) in [5.74, 6) is -0.792. The largest absolute Gasteiger partial charge is 0.464 e. The van der Waals surface area contributed by atoms with E-state index in [9.17, 15) is 18.0 Å². The number of hydrogen-bond acceptors (Lipinski definition) is 7. The SMILES string of the molecule is CCOC(=O)C1CN(S(=O)(=O)c2ccc3cc(Cl)ccc3c2)CC(=O)N1CC1CCN(c2ccncc2)CC1. The zero-order valence-electron chi connectivity index (χ0n) is 21.7. The van der Waals surface area contributed by atoms with Crippen LogP contribution in [0.1, 0.15) is 19.8 Å². The van der Waals surface area contributed by atoms with Crippen LogP contribution in [-0.2, 0) is 24.3 Å². The molecule has 0 saturated carbocycles. The van der Waals surface area contributed by atoms with Crippen LogP contribution in [0.3, 0.4) is 0 Å². The highest BCUT2D eigenvalue weighted by atomic mass is 35.5. The van der Waals surface area contributed by atoms with Crippen molar-refractivity contribution in [2.24, 2.45) is 5.92 Å². The molecule has 2 fully saturated rings. The van der Waals surface area contributed by atoms with Crippen LogP contribution in [-0.4, -0.2) is 79.9 Å². The highest BCUT2D eigenvalue weighted by Crippen LogP contribution is 2.29.